The molecule has 0 saturated heterocycles. The van der Waals surface area contributed by atoms with Crippen LogP contribution in [-0.2, 0) is 0 Å². The topological polar surface area (TPSA) is 41.9 Å². The normalized spacial score (nSPS) is 11.3. The first kappa shape index (κ1) is 45.7. The van der Waals surface area contributed by atoms with E-state index in [1.807, 2.05) is 18.2 Å². The third-order valence-electron chi connectivity index (χ3n) is 14.0. The van der Waals surface area contributed by atoms with Crippen molar-refractivity contribution in [1.29, 1.82) is 0 Å². The van der Waals surface area contributed by atoms with Crippen LogP contribution in [0.3, 0.4) is 0 Å². The van der Waals surface area contributed by atoms with Crippen molar-refractivity contribution < 1.29 is 0 Å². The number of benzene rings is 10. The lowest BCUT2D eigenvalue weighted by Crippen LogP contribution is -2.17. The summed E-state index contributed by atoms with van der Waals surface area (Å²) in [6.45, 7) is 13.4. The molecule has 0 amide bonds. The predicted molar refractivity (Wildman–Crippen MR) is 301 cm³/mol. The first-order valence-electron chi connectivity index (χ1n) is 24.9. The van der Waals surface area contributed by atoms with Gasteiger partial charge in [0, 0.05) is 28.3 Å². The van der Waals surface area contributed by atoms with Crippen molar-refractivity contribution >= 4 is 28.1 Å². The molecule has 0 spiro atoms. The zero-order chi connectivity index (χ0) is 49.3. The van der Waals surface area contributed by atoms with Crippen molar-refractivity contribution in [1.82, 2.24) is 15.0 Å². The smallest absolute Gasteiger partial charge is 0.238 e. The first-order chi connectivity index (χ1) is 35.2. The van der Waals surface area contributed by atoms with Gasteiger partial charge in [-0.15, -0.1) is 0 Å². The molecule has 0 fully saturated rings. The minimum absolute atomic E-state index is 0.0188. The fraction of sp³-hybridized carbons (Fsp3) is 0.103. The van der Waals surface area contributed by atoms with E-state index in [0.29, 0.717) is 17.6 Å². The molecule has 0 N–H and O–H groups in total. The van der Waals surface area contributed by atoms with Crippen molar-refractivity contribution in [3.63, 3.8) is 0 Å². The van der Waals surface area contributed by atoms with Crippen LogP contribution in [0.15, 0.2) is 224 Å². The Morgan fingerprint density at radius 1 is 0.333 bits per heavy atom. The van der Waals surface area contributed by atoms with Crippen molar-refractivity contribution in [3.8, 4) is 56.2 Å². The van der Waals surface area contributed by atoms with Gasteiger partial charge in [0.05, 0.1) is 5.69 Å². The molecule has 0 aliphatic rings. The molecule has 1 aromatic heterocycles. The van der Waals surface area contributed by atoms with Gasteiger partial charge in [-0.2, -0.15) is 9.97 Å². The number of hydrogen-bond acceptors (Lipinski definition) is 4. The lowest BCUT2D eigenvalue weighted by molar-refractivity contribution is 0.919. The van der Waals surface area contributed by atoms with E-state index >= 15 is 0 Å². The first-order valence-corrected chi connectivity index (χ1v) is 24.9. The van der Waals surface area contributed by atoms with E-state index in [1.54, 1.807) is 0 Å². The second-order valence-electron chi connectivity index (χ2n) is 19.2. The van der Waals surface area contributed by atoms with Crippen LogP contribution in [-0.4, -0.2) is 15.0 Å². The lowest BCUT2D eigenvalue weighted by Gasteiger charge is -2.29. The van der Waals surface area contributed by atoms with Crippen LogP contribution in [0.2, 0.25) is 0 Å². The molecule has 348 valence electrons. The van der Waals surface area contributed by atoms with E-state index in [4.69, 9.17) is 15.0 Å². The number of hydrogen-bond donors (Lipinski definition) is 0. The van der Waals surface area contributed by atoms with Crippen LogP contribution in [0.5, 0.6) is 0 Å². The largest absolute Gasteiger partial charge is 0.278 e. The minimum Gasteiger partial charge on any atom is -0.278 e. The van der Waals surface area contributed by atoms with Gasteiger partial charge in [-0.05, 0) is 143 Å². The molecule has 10 aromatic carbocycles. The monoisotopic (exact) mass is 928 g/mol. The maximum Gasteiger partial charge on any atom is 0.238 e. The Morgan fingerprint density at radius 3 is 1.22 bits per heavy atom. The van der Waals surface area contributed by atoms with Crippen LogP contribution in [0.4, 0.5) is 17.3 Å². The van der Waals surface area contributed by atoms with Gasteiger partial charge >= 0.3 is 0 Å². The average Bonchev–Trinajstić information content (AvgIpc) is 3.41. The van der Waals surface area contributed by atoms with Gasteiger partial charge in [0.2, 0.25) is 5.95 Å². The van der Waals surface area contributed by atoms with Crippen LogP contribution in [0.1, 0.15) is 56.0 Å². The molecular formula is C68H56N4. The Kier molecular flexibility index (Phi) is 12.4. The molecule has 0 aliphatic heterocycles. The summed E-state index contributed by atoms with van der Waals surface area (Å²) in [5.41, 5.74) is 22.2. The highest BCUT2D eigenvalue weighted by atomic mass is 15.3. The van der Waals surface area contributed by atoms with Crippen molar-refractivity contribution in [2.75, 3.05) is 4.90 Å². The molecule has 11 aromatic rings. The minimum atomic E-state index is 0.0188. The predicted octanol–water partition coefficient (Wildman–Crippen LogP) is 17.9. The third-order valence-corrected chi connectivity index (χ3v) is 14.0. The Hall–Kier alpha value is -8.73. The summed E-state index contributed by atoms with van der Waals surface area (Å²) in [6.07, 6.45) is 0. The summed E-state index contributed by atoms with van der Waals surface area (Å²) in [6, 6.07) is 80.3. The summed E-state index contributed by atoms with van der Waals surface area (Å²) in [5.74, 6) is 1.71. The van der Waals surface area contributed by atoms with Crippen LogP contribution < -0.4 is 4.90 Å². The molecule has 4 nitrogen and oxygen atoms in total. The van der Waals surface area contributed by atoms with Gasteiger partial charge in [-0.3, -0.25) is 4.90 Å². The summed E-state index contributed by atoms with van der Waals surface area (Å²) in [7, 11) is 0. The fourth-order valence-electron chi connectivity index (χ4n) is 10.9. The molecule has 0 bridgehead atoms. The third kappa shape index (κ3) is 9.00. The Balaban J connectivity index is 1.12. The van der Waals surface area contributed by atoms with Crippen LogP contribution in [0.25, 0.3) is 66.9 Å². The molecule has 0 atom stereocenters. The van der Waals surface area contributed by atoms with E-state index in [1.165, 1.54) is 66.8 Å². The molecule has 4 heteroatoms. The van der Waals surface area contributed by atoms with Gasteiger partial charge in [0.15, 0.2) is 11.6 Å². The van der Waals surface area contributed by atoms with Gasteiger partial charge in [0.25, 0.3) is 0 Å². The zero-order valence-corrected chi connectivity index (χ0v) is 41.7. The second kappa shape index (κ2) is 19.6. The molecule has 11 rings (SSSR count). The summed E-state index contributed by atoms with van der Waals surface area (Å²) >= 11 is 0. The van der Waals surface area contributed by atoms with Crippen molar-refractivity contribution in [2.24, 2.45) is 0 Å². The van der Waals surface area contributed by atoms with Gasteiger partial charge in [-0.25, -0.2) is 4.98 Å². The quantitative estimate of drug-likeness (QED) is 0.121. The van der Waals surface area contributed by atoms with E-state index in [-0.39, 0.29) is 5.92 Å². The van der Waals surface area contributed by atoms with Crippen LogP contribution >= 0.6 is 0 Å². The van der Waals surface area contributed by atoms with E-state index in [0.717, 1.165) is 50.0 Å². The summed E-state index contributed by atoms with van der Waals surface area (Å²) < 4.78 is 0. The number of anilines is 3. The van der Waals surface area contributed by atoms with E-state index < -0.39 is 0 Å². The van der Waals surface area contributed by atoms with E-state index in [2.05, 4.69) is 253 Å². The molecule has 0 aliphatic carbocycles. The fourth-order valence-corrected chi connectivity index (χ4v) is 10.9. The highest BCUT2D eigenvalue weighted by molar-refractivity contribution is 5.98. The van der Waals surface area contributed by atoms with Crippen molar-refractivity contribution in [2.45, 2.75) is 47.5 Å². The Labute approximate surface area is 424 Å². The van der Waals surface area contributed by atoms with Gasteiger partial charge in [-0.1, -0.05) is 211 Å². The summed E-state index contributed by atoms with van der Waals surface area (Å²) in [5, 5.41) is 2.27. The number of fused-ring (bicyclic) bond motifs is 1. The standard InChI is InChI=1S/C68H56N4/c1-44-38-46(3)63(47(4)39-44)65(64-48(5)40-45(2)41-49(64)6)53-34-36-58(37-35-53)72(62-43-57-27-17-16-26-56(57)42-61(62)51-22-12-8-13-23-51)68-70-66(54-24-14-9-15-25-54)69-67(71-68)55-32-30-52(31-33-55)60-29-19-18-28-59(60)50-20-10-7-11-21-50/h7-43,65H,1-6H3. The lowest BCUT2D eigenvalue weighted by atomic mass is 9.77. The average molecular weight is 929 g/mol. The summed E-state index contributed by atoms with van der Waals surface area (Å²) in [4.78, 5) is 18.4. The number of rotatable bonds is 11. The maximum absolute atomic E-state index is 5.48. The molecule has 72 heavy (non-hydrogen) atoms. The molecule has 1 heterocycles. The van der Waals surface area contributed by atoms with Gasteiger partial charge in [0.1, 0.15) is 0 Å². The van der Waals surface area contributed by atoms with Crippen LogP contribution in [0, 0.1) is 41.5 Å². The Bertz CT molecular complexity index is 3630. The number of aromatic nitrogens is 3. The van der Waals surface area contributed by atoms with Gasteiger partial charge < -0.3 is 0 Å². The SMILES string of the molecule is Cc1cc(C)c(C(c2ccc(N(c3nc(-c4ccccc4)nc(-c4ccc(-c5ccccc5-c5ccccc5)cc4)n3)c3cc4ccccc4cc3-c3ccccc3)cc2)c2c(C)cc(C)cc2C)c(C)c1. The molecule has 0 saturated carbocycles. The molecule has 0 radical (unpaired) electrons. The van der Waals surface area contributed by atoms with Crippen molar-refractivity contribution in [3.05, 3.63) is 275 Å². The Morgan fingerprint density at radius 2 is 0.722 bits per heavy atom. The molecular weight excluding hydrogens is 873 g/mol. The highest BCUT2D eigenvalue weighted by Gasteiger charge is 2.27. The maximum atomic E-state index is 5.48. The highest BCUT2D eigenvalue weighted by Crippen LogP contribution is 2.45. The molecule has 0 unspecified atom stereocenters. The van der Waals surface area contributed by atoms with E-state index in [9.17, 15) is 0 Å². The zero-order valence-electron chi connectivity index (χ0n) is 41.7. The number of nitrogens with zero attached hydrogens (tertiary/aromatic N) is 4. The second-order valence-corrected chi connectivity index (χ2v) is 19.2. The number of aryl methyl sites for hydroxylation is 6.